The SMILES string of the molecule is Cc1cc2c(Oc3cc(F)c(Br)cc3N)nccn2n1. The highest BCUT2D eigenvalue weighted by Gasteiger charge is 2.12. The maximum absolute atomic E-state index is 13.6. The fourth-order valence-electron chi connectivity index (χ4n) is 1.84. The summed E-state index contributed by atoms with van der Waals surface area (Å²) in [5.74, 6) is 0.0810. The predicted molar refractivity (Wildman–Crippen MR) is 76.3 cm³/mol. The van der Waals surface area contributed by atoms with E-state index in [0.29, 0.717) is 17.1 Å². The van der Waals surface area contributed by atoms with Gasteiger partial charge in [-0.05, 0) is 35.0 Å². The van der Waals surface area contributed by atoms with Crippen LogP contribution in [0.25, 0.3) is 5.52 Å². The van der Waals surface area contributed by atoms with Gasteiger partial charge in [0, 0.05) is 18.5 Å². The maximum Gasteiger partial charge on any atom is 0.245 e. The van der Waals surface area contributed by atoms with Crippen LogP contribution in [0.1, 0.15) is 5.69 Å². The number of nitrogen functional groups attached to an aromatic ring is 1. The molecule has 3 aromatic rings. The van der Waals surface area contributed by atoms with Crippen molar-refractivity contribution in [3.05, 3.63) is 46.6 Å². The molecule has 0 spiro atoms. The van der Waals surface area contributed by atoms with Gasteiger partial charge in [0.25, 0.3) is 0 Å². The zero-order valence-electron chi connectivity index (χ0n) is 10.5. The molecule has 0 saturated carbocycles. The molecule has 0 bridgehead atoms. The Morgan fingerprint density at radius 2 is 2.15 bits per heavy atom. The number of rotatable bonds is 2. The van der Waals surface area contributed by atoms with Crippen LogP contribution in [0, 0.1) is 12.7 Å². The Balaban J connectivity index is 2.07. The Labute approximate surface area is 122 Å². The van der Waals surface area contributed by atoms with Crippen LogP contribution in [0.3, 0.4) is 0 Å². The van der Waals surface area contributed by atoms with Crippen molar-refractivity contribution in [2.75, 3.05) is 5.73 Å². The first kappa shape index (κ1) is 12.9. The Morgan fingerprint density at radius 1 is 1.35 bits per heavy atom. The lowest BCUT2D eigenvalue weighted by atomic mass is 10.3. The molecule has 2 N–H and O–H groups in total. The standard InChI is InChI=1S/C13H10BrFN4O/c1-7-4-11-13(17-2-3-19(11)18-7)20-12-6-9(15)8(14)5-10(12)16/h2-6H,16H2,1H3. The van der Waals surface area contributed by atoms with Crippen LogP contribution >= 0.6 is 15.9 Å². The molecule has 3 rings (SSSR count). The molecule has 102 valence electrons. The molecule has 0 atom stereocenters. The van der Waals surface area contributed by atoms with E-state index < -0.39 is 5.82 Å². The summed E-state index contributed by atoms with van der Waals surface area (Å²) in [5.41, 5.74) is 7.65. The number of anilines is 1. The second-order valence-electron chi connectivity index (χ2n) is 4.25. The smallest absolute Gasteiger partial charge is 0.245 e. The number of nitrogens with two attached hydrogens (primary N) is 1. The van der Waals surface area contributed by atoms with Crippen molar-refractivity contribution in [1.29, 1.82) is 0 Å². The lowest BCUT2D eigenvalue weighted by Crippen LogP contribution is -1.97. The average molecular weight is 337 g/mol. The van der Waals surface area contributed by atoms with E-state index in [-0.39, 0.29) is 10.2 Å². The van der Waals surface area contributed by atoms with Crippen molar-refractivity contribution in [2.24, 2.45) is 0 Å². The molecular formula is C13H10BrFN4O. The van der Waals surface area contributed by atoms with Gasteiger partial charge in [-0.15, -0.1) is 0 Å². The molecule has 0 aliphatic carbocycles. The number of aromatic nitrogens is 3. The van der Waals surface area contributed by atoms with E-state index in [1.165, 1.54) is 12.1 Å². The number of halogens is 2. The van der Waals surface area contributed by atoms with Gasteiger partial charge in [0.05, 0.1) is 15.9 Å². The van der Waals surface area contributed by atoms with Crippen LogP contribution in [0.2, 0.25) is 0 Å². The topological polar surface area (TPSA) is 65.4 Å². The number of benzene rings is 1. The lowest BCUT2D eigenvalue weighted by molar-refractivity contribution is 0.462. The Bertz CT molecular complexity index is 802. The molecule has 0 aliphatic heterocycles. The molecule has 2 aromatic heterocycles. The Kier molecular flexibility index (Phi) is 3.06. The van der Waals surface area contributed by atoms with Gasteiger partial charge in [-0.1, -0.05) is 0 Å². The third-order valence-corrected chi connectivity index (χ3v) is 3.34. The van der Waals surface area contributed by atoms with E-state index in [1.54, 1.807) is 16.9 Å². The van der Waals surface area contributed by atoms with Gasteiger partial charge in [-0.2, -0.15) is 5.10 Å². The van der Waals surface area contributed by atoms with Crippen LogP contribution in [0.15, 0.2) is 35.1 Å². The number of ether oxygens (including phenoxy) is 1. The van der Waals surface area contributed by atoms with Gasteiger partial charge in [0.2, 0.25) is 5.88 Å². The van der Waals surface area contributed by atoms with Crippen molar-refractivity contribution in [3.8, 4) is 11.6 Å². The third kappa shape index (κ3) is 2.20. The van der Waals surface area contributed by atoms with Crippen LogP contribution in [0.4, 0.5) is 10.1 Å². The average Bonchev–Trinajstić information content (AvgIpc) is 2.77. The van der Waals surface area contributed by atoms with Crippen molar-refractivity contribution in [3.63, 3.8) is 0 Å². The molecular weight excluding hydrogens is 327 g/mol. The second kappa shape index (κ2) is 4.75. The number of hydrogen-bond acceptors (Lipinski definition) is 4. The molecule has 0 unspecified atom stereocenters. The van der Waals surface area contributed by atoms with Crippen LogP contribution < -0.4 is 10.5 Å². The largest absolute Gasteiger partial charge is 0.435 e. The van der Waals surface area contributed by atoms with E-state index in [1.807, 2.05) is 13.0 Å². The van der Waals surface area contributed by atoms with Gasteiger partial charge in [-0.25, -0.2) is 13.9 Å². The van der Waals surface area contributed by atoms with Gasteiger partial charge in [0.15, 0.2) is 5.75 Å². The lowest BCUT2D eigenvalue weighted by Gasteiger charge is -2.09. The number of hydrogen-bond donors (Lipinski definition) is 1. The van der Waals surface area contributed by atoms with Crippen LogP contribution in [0.5, 0.6) is 11.6 Å². The van der Waals surface area contributed by atoms with Crippen molar-refractivity contribution in [2.45, 2.75) is 6.92 Å². The summed E-state index contributed by atoms with van der Waals surface area (Å²) >= 11 is 3.07. The van der Waals surface area contributed by atoms with Gasteiger partial charge < -0.3 is 10.5 Å². The summed E-state index contributed by atoms with van der Waals surface area (Å²) in [6.07, 6.45) is 3.26. The first-order chi connectivity index (χ1) is 9.54. The minimum absolute atomic E-state index is 0.213. The zero-order chi connectivity index (χ0) is 14.3. The number of nitrogens with zero attached hydrogens (tertiary/aromatic N) is 3. The fourth-order valence-corrected chi connectivity index (χ4v) is 2.20. The molecule has 0 aliphatic rings. The first-order valence-corrected chi connectivity index (χ1v) is 6.57. The summed E-state index contributed by atoms with van der Waals surface area (Å²) in [6.45, 7) is 1.87. The second-order valence-corrected chi connectivity index (χ2v) is 5.11. The molecule has 0 fully saturated rings. The Hall–Kier alpha value is -2.15. The molecule has 2 heterocycles. The fraction of sp³-hybridized carbons (Fsp3) is 0.0769. The maximum atomic E-state index is 13.6. The number of aryl methyl sites for hydroxylation is 1. The van der Waals surface area contributed by atoms with Crippen LogP contribution in [-0.2, 0) is 0 Å². The summed E-state index contributed by atoms with van der Waals surface area (Å²) in [4.78, 5) is 4.14. The highest BCUT2D eigenvalue weighted by atomic mass is 79.9. The highest BCUT2D eigenvalue weighted by Crippen LogP contribution is 2.32. The predicted octanol–water partition coefficient (Wildman–Crippen LogP) is 3.31. The van der Waals surface area contributed by atoms with E-state index in [0.717, 1.165) is 5.69 Å². The zero-order valence-corrected chi connectivity index (χ0v) is 12.1. The van der Waals surface area contributed by atoms with E-state index in [9.17, 15) is 4.39 Å². The van der Waals surface area contributed by atoms with Gasteiger partial charge >= 0.3 is 0 Å². The Morgan fingerprint density at radius 3 is 2.95 bits per heavy atom. The van der Waals surface area contributed by atoms with Crippen LogP contribution in [-0.4, -0.2) is 14.6 Å². The molecule has 0 radical (unpaired) electrons. The number of fused-ring (bicyclic) bond motifs is 1. The minimum atomic E-state index is -0.453. The normalized spacial score (nSPS) is 10.9. The van der Waals surface area contributed by atoms with Gasteiger partial charge in [-0.3, -0.25) is 0 Å². The molecule has 1 aromatic carbocycles. The van der Waals surface area contributed by atoms with E-state index in [4.69, 9.17) is 10.5 Å². The first-order valence-electron chi connectivity index (χ1n) is 5.78. The van der Waals surface area contributed by atoms with Gasteiger partial charge in [0.1, 0.15) is 11.3 Å². The van der Waals surface area contributed by atoms with E-state index >= 15 is 0 Å². The molecule has 5 nitrogen and oxygen atoms in total. The summed E-state index contributed by atoms with van der Waals surface area (Å²) in [7, 11) is 0. The monoisotopic (exact) mass is 336 g/mol. The summed E-state index contributed by atoms with van der Waals surface area (Å²) in [5, 5.41) is 4.25. The van der Waals surface area contributed by atoms with Crippen molar-refractivity contribution >= 4 is 27.1 Å². The quantitative estimate of drug-likeness (QED) is 0.729. The third-order valence-electron chi connectivity index (χ3n) is 2.74. The molecule has 7 heteroatoms. The minimum Gasteiger partial charge on any atom is -0.435 e. The molecule has 20 heavy (non-hydrogen) atoms. The molecule has 0 saturated heterocycles. The van der Waals surface area contributed by atoms with E-state index in [2.05, 4.69) is 26.0 Å². The molecule has 0 amide bonds. The summed E-state index contributed by atoms with van der Waals surface area (Å²) in [6, 6.07) is 4.49. The highest BCUT2D eigenvalue weighted by molar-refractivity contribution is 9.10. The summed E-state index contributed by atoms with van der Waals surface area (Å²) < 4.78 is 21.1. The van der Waals surface area contributed by atoms with Crippen molar-refractivity contribution < 1.29 is 9.13 Å². The van der Waals surface area contributed by atoms with Crippen molar-refractivity contribution in [1.82, 2.24) is 14.6 Å².